The second kappa shape index (κ2) is 7.99. The topological polar surface area (TPSA) is 53.0 Å². The van der Waals surface area contributed by atoms with Gasteiger partial charge < -0.3 is 19.6 Å². The monoisotopic (exact) mass is 332 g/mol. The van der Waals surface area contributed by atoms with Crippen molar-refractivity contribution in [2.45, 2.75) is 44.8 Å². The first-order valence-electron chi connectivity index (χ1n) is 9.01. The molecule has 0 spiro atoms. The highest BCUT2D eigenvalue weighted by Crippen LogP contribution is 2.20. The van der Waals surface area contributed by atoms with E-state index in [1.807, 2.05) is 12.1 Å². The number of benzene rings is 1. The summed E-state index contributed by atoms with van der Waals surface area (Å²) in [7, 11) is 0. The zero-order valence-corrected chi connectivity index (χ0v) is 14.5. The summed E-state index contributed by atoms with van der Waals surface area (Å²) < 4.78 is 6.04. The van der Waals surface area contributed by atoms with Crippen molar-refractivity contribution in [3.8, 4) is 5.75 Å². The highest BCUT2D eigenvalue weighted by atomic mass is 16.5. The van der Waals surface area contributed by atoms with E-state index in [0.717, 1.165) is 44.6 Å². The number of hydrogen-bond donors (Lipinski definition) is 1. The van der Waals surface area contributed by atoms with E-state index >= 15 is 0 Å². The number of hydrogen-bond acceptors (Lipinski definition) is 4. The first-order chi connectivity index (χ1) is 11.6. The molecular formula is C19H28N2O3. The van der Waals surface area contributed by atoms with Crippen LogP contribution in [0.25, 0.3) is 0 Å². The molecule has 2 heterocycles. The third-order valence-electron chi connectivity index (χ3n) is 4.93. The minimum Gasteiger partial charge on any atom is -0.490 e. The number of nitrogens with zero attached hydrogens (tertiary/aromatic N) is 2. The molecule has 0 aromatic heterocycles. The van der Waals surface area contributed by atoms with E-state index in [1.165, 1.54) is 5.56 Å². The van der Waals surface area contributed by atoms with Gasteiger partial charge in [-0.3, -0.25) is 4.79 Å². The number of β-amino-alcohol motifs (C(OH)–C–C–N with tert-alkyl or cyclic N) is 1. The largest absolute Gasteiger partial charge is 0.490 e. The highest BCUT2D eigenvalue weighted by Gasteiger charge is 2.26. The Morgan fingerprint density at radius 1 is 1.17 bits per heavy atom. The quantitative estimate of drug-likeness (QED) is 0.863. The van der Waals surface area contributed by atoms with Gasteiger partial charge in [-0.1, -0.05) is 17.7 Å². The molecule has 0 aliphatic carbocycles. The molecule has 2 aliphatic heterocycles. The van der Waals surface area contributed by atoms with Crippen LogP contribution in [0.4, 0.5) is 0 Å². The van der Waals surface area contributed by atoms with E-state index in [9.17, 15) is 9.90 Å². The molecule has 24 heavy (non-hydrogen) atoms. The highest BCUT2D eigenvalue weighted by molar-refractivity contribution is 5.78. The zero-order valence-electron chi connectivity index (χ0n) is 14.5. The van der Waals surface area contributed by atoms with E-state index < -0.39 is 6.10 Å². The first kappa shape index (κ1) is 17.2. The third-order valence-corrected chi connectivity index (χ3v) is 4.93. The summed E-state index contributed by atoms with van der Waals surface area (Å²) in [5.41, 5.74) is 1.24. The molecule has 2 aliphatic rings. The van der Waals surface area contributed by atoms with Crippen molar-refractivity contribution in [1.29, 1.82) is 0 Å². The Bertz CT molecular complexity index is 538. The molecule has 0 bridgehead atoms. The molecule has 3 rings (SSSR count). The van der Waals surface area contributed by atoms with Crippen LogP contribution in [-0.4, -0.2) is 65.7 Å². The van der Waals surface area contributed by atoms with Crippen molar-refractivity contribution < 1.29 is 14.6 Å². The van der Waals surface area contributed by atoms with Gasteiger partial charge in [0.15, 0.2) is 0 Å². The maximum atomic E-state index is 11.6. The molecule has 0 saturated carbocycles. The normalized spacial score (nSPS) is 21.2. The Morgan fingerprint density at radius 2 is 1.88 bits per heavy atom. The van der Waals surface area contributed by atoms with Gasteiger partial charge in [-0.2, -0.15) is 0 Å². The van der Waals surface area contributed by atoms with Crippen molar-refractivity contribution in [3.05, 3.63) is 29.8 Å². The number of carbonyl (C=O) groups is 1. The van der Waals surface area contributed by atoms with Gasteiger partial charge in [-0.15, -0.1) is 0 Å². The van der Waals surface area contributed by atoms with Gasteiger partial charge in [0.25, 0.3) is 0 Å². The summed E-state index contributed by atoms with van der Waals surface area (Å²) in [4.78, 5) is 15.7. The fraction of sp³-hybridized carbons (Fsp3) is 0.632. The number of aryl methyl sites for hydroxylation is 1. The van der Waals surface area contributed by atoms with Crippen LogP contribution in [0.3, 0.4) is 0 Å². The van der Waals surface area contributed by atoms with Crippen molar-refractivity contribution in [2.24, 2.45) is 0 Å². The molecule has 2 fully saturated rings. The Labute approximate surface area is 144 Å². The number of piperidine rings is 1. The molecule has 5 nitrogen and oxygen atoms in total. The van der Waals surface area contributed by atoms with Crippen molar-refractivity contribution in [1.82, 2.24) is 9.80 Å². The molecule has 2 saturated heterocycles. The predicted molar refractivity (Wildman–Crippen MR) is 93.1 cm³/mol. The number of ether oxygens (including phenoxy) is 1. The number of likely N-dealkylation sites (tertiary alicyclic amines) is 2. The number of carbonyl (C=O) groups excluding carboxylic acids is 1. The molecule has 1 aromatic rings. The van der Waals surface area contributed by atoms with Crippen LogP contribution in [-0.2, 0) is 4.79 Å². The maximum Gasteiger partial charge on any atom is 0.222 e. The molecular weight excluding hydrogens is 304 g/mol. The van der Waals surface area contributed by atoms with Gasteiger partial charge in [0.2, 0.25) is 5.91 Å². The van der Waals surface area contributed by atoms with Crippen LogP contribution in [0, 0.1) is 6.92 Å². The Hall–Kier alpha value is -1.59. The molecule has 5 heteroatoms. The fourth-order valence-corrected chi connectivity index (χ4v) is 3.53. The zero-order chi connectivity index (χ0) is 16.9. The van der Waals surface area contributed by atoms with Crippen LogP contribution in [0.15, 0.2) is 24.3 Å². The minimum atomic E-state index is -0.457. The molecule has 132 valence electrons. The lowest BCUT2D eigenvalue weighted by Crippen LogP contribution is -2.45. The second-order valence-electron chi connectivity index (χ2n) is 7.03. The van der Waals surface area contributed by atoms with Gasteiger partial charge in [0.05, 0.1) is 6.10 Å². The Balaban J connectivity index is 1.38. The predicted octanol–water partition coefficient (Wildman–Crippen LogP) is 1.82. The van der Waals surface area contributed by atoms with E-state index in [0.29, 0.717) is 19.5 Å². The van der Waals surface area contributed by atoms with Gasteiger partial charge in [-0.25, -0.2) is 0 Å². The lowest BCUT2D eigenvalue weighted by Gasteiger charge is -2.34. The maximum absolute atomic E-state index is 11.6. The SMILES string of the molecule is Cc1ccc(OC2CCN(CC(O)CN3CCCC3=O)CC2)cc1. The first-order valence-corrected chi connectivity index (χ1v) is 9.01. The summed E-state index contributed by atoms with van der Waals surface area (Å²) in [6.07, 6.45) is 3.30. The van der Waals surface area contributed by atoms with E-state index in [2.05, 4.69) is 24.0 Å². The summed E-state index contributed by atoms with van der Waals surface area (Å²) >= 11 is 0. The third kappa shape index (κ3) is 4.71. The van der Waals surface area contributed by atoms with Crippen molar-refractivity contribution in [2.75, 3.05) is 32.7 Å². The summed E-state index contributed by atoms with van der Waals surface area (Å²) in [5, 5.41) is 10.2. The van der Waals surface area contributed by atoms with Gasteiger partial charge in [-0.05, 0) is 38.3 Å². The van der Waals surface area contributed by atoms with Crippen LogP contribution in [0.1, 0.15) is 31.2 Å². The molecule has 1 atom stereocenters. The van der Waals surface area contributed by atoms with Crippen LogP contribution < -0.4 is 4.74 Å². The number of rotatable bonds is 6. The smallest absolute Gasteiger partial charge is 0.222 e. The number of amides is 1. The van der Waals surface area contributed by atoms with E-state index in [-0.39, 0.29) is 12.0 Å². The average molecular weight is 332 g/mol. The molecule has 1 amide bonds. The summed E-state index contributed by atoms with van der Waals surface area (Å²) in [5.74, 6) is 1.12. The van der Waals surface area contributed by atoms with Gasteiger partial charge in [0, 0.05) is 39.1 Å². The fourth-order valence-electron chi connectivity index (χ4n) is 3.53. The lowest BCUT2D eigenvalue weighted by molar-refractivity contribution is -0.129. The molecule has 1 aromatic carbocycles. The molecule has 0 radical (unpaired) electrons. The summed E-state index contributed by atoms with van der Waals surface area (Å²) in [6.45, 7) is 5.84. The Morgan fingerprint density at radius 3 is 2.50 bits per heavy atom. The van der Waals surface area contributed by atoms with E-state index in [4.69, 9.17) is 4.74 Å². The van der Waals surface area contributed by atoms with Crippen LogP contribution in [0.2, 0.25) is 0 Å². The lowest BCUT2D eigenvalue weighted by atomic mass is 10.1. The average Bonchev–Trinajstić information content (AvgIpc) is 2.96. The minimum absolute atomic E-state index is 0.180. The van der Waals surface area contributed by atoms with Crippen LogP contribution in [0.5, 0.6) is 5.75 Å². The van der Waals surface area contributed by atoms with E-state index in [1.54, 1.807) is 4.90 Å². The number of aliphatic hydroxyl groups is 1. The number of aliphatic hydroxyl groups excluding tert-OH is 1. The van der Waals surface area contributed by atoms with Crippen molar-refractivity contribution >= 4 is 5.91 Å². The molecule has 1 unspecified atom stereocenters. The Kier molecular flexibility index (Phi) is 5.74. The van der Waals surface area contributed by atoms with Crippen molar-refractivity contribution in [3.63, 3.8) is 0 Å². The van der Waals surface area contributed by atoms with Crippen LogP contribution >= 0.6 is 0 Å². The summed E-state index contributed by atoms with van der Waals surface area (Å²) in [6, 6.07) is 8.19. The molecule has 1 N–H and O–H groups in total. The van der Waals surface area contributed by atoms with Gasteiger partial charge in [0.1, 0.15) is 11.9 Å². The second-order valence-corrected chi connectivity index (χ2v) is 7.03. The standard InChI is InChI=1S/C19H28N2O3/c1-15-4-6-17(7-5-15)24-18-8-11-20(12-9-18)13-16(22)14-21-10-2-3-19(21)23/h4-7,16,18,22H,2-3,8-14H2,1H3. The van der Waals surface area contributed by atoms with Gasteiger partial charge >= 0.3 is 0 Å².